The minimum atomic E-state index is -0.386. The van der Waals surface area contributed by atoms with Crippen LogP contribution >= 0.6 is 11.8 Å². The maximum absolute atomic E-state index is 12.5. The van der Waals surface area contributed by atoms with E-state index in [1.807, 2.05) is 30.5 Å². The van der Waals surface area contributed by atoms with Gasteiger partial charge in [0.2, 0.25) is 5.91 Å². The molecule has 3 heterocycles. The summed E-state index contributed by atoms with van der Waals surface area (Å²) in [5, 5.41) is 12.1. The lowest BCUT2D eigenvalue weighted by Crippen LogP contribution is -2.45. The number of fused-ring (bicyclic) bond motifs is 3. The van der Waals surface area contributed by atoms with Gasteiger partial charge >= 0.3 is 6.09 Å². The molecule has 0 spiro atoms. The summed E-state index contributed by atoms with van der Waals surface area (Å²) >= 11 is 1.68. The molecule has 2 aromatic rings. The minimum absolute atomic E-state index is 0.102. The third-order valence-electron chi connectivity index (χ3n) is 5.94. The summed E-state index contributed by atoms with van der Waals surface area (Å²) in [7, 11) is 0. The average molecular weight is 420 g/mol. The quantitative estimate of drug-likeness (QED) is 0.816. The molecule has 1 aromatic carbocycles. The lowest BCUT2D eigenvalue weighted by molar-refractivity contribution is -0.119. The van der Waals surface area contributed by atoms with Gasteiger partial charge in [-0.3, -0.25) is 14.7 Å². The monoisotopic (exact) mass is 420 g/mol. The largest absolute Gasteiger partial charge is 0.442 e. The molecule has 30 heavy (non-hydrogen) atoms. The molecule has 0 unspecified atom stereocenters. The number of hydrogen-bond donors (Lipinski definition) is 1. The summed E-state index contributed by atoms with van der Waals surface area (Å²) in [5.74, 6) is 0.564. The normalized spacial score (nSPS) is 23.1. The molecule has 1 aromatic heterocycles. The van der Waals surface area contributed by atoms with Crippen LogP contribution in [0.2, 0.25) is 0 Å². The fraction of sp³-hybridized carbons (Fsp3) is 0.364. The maximum Gasteiger partial charge on any atom is 0.415 e. The lowest BCUT2D eigenvalue weighted by Gasteiger charge is -2.31. The number of pyridine rings is 1. The van der Waals surface area contributed by atoms with Gasteiger partial charge in [-0.15, -0.1) is 11.8 Å². The Balaban J connectivity index is 1.39. The van der Waals surface area contributed by atoms with E-state index >= 15 is 0 Å². The second kappa shape index (κ2) is 7.03. The van der Waals surface area contributed by atoms with Gasteiger partial charge in [-0.05, 0) is 36.6 Å². The number of nitriles is 1. The average Bonchev–Trinajstić information content (AvgIpc) is 3.50. The smallest absolute Gasteiger partial charge is 0.415 e. The lowest BCUT2D eigenvalue weighted by atomic mass is 10.0. The first-order valence-corrected chi connectivity index (χ1v) is 10.9. The molecule has 1 saturated carbocycles. The van der Waals surface area contributed by atoms with E-state index in [4.69, 9.17) is 4.74 Å². The highest BCUT2D eigenvalue weighted by atomic mass is 32.2. The Morgan fingerprint density at radius 1 is 1.37 bits per heavy atom. The van der Waals surface area contributed by atoms with Crippen LogP contribution in [-0.4, -0.2) is 41.4 Å². The number of ether oxygens (including phenoxy) is 1. The van der Waals surface area contributed by atoms with E-state index in [1.165, 1.54) is 6.92 Å². The van der Waals surface area contributed by atoms with E-state index in [-0.39, 0.29) is 29.6 Å². The molecule has 5 rings (SSSR count). The number of nitrogens with zero attached hydrogens (tertiary/aromatic N) is 3. The van der Waals surface area contributed by atoms with Crippen LogP contribution in [-0.2, 0) is 14.9 Å². The molecule has 0 radical (unpaired) electrons. The Labute approximate surface area is 178 Å². The number of anilines is 1. The van der Waals surface area contributed by atoms with Crippen LogP contribution < -0.4 is 10.2 Å². The van der Waals surface area contributed by atoms with Gasteiger partial charge in [0.1, 0.15) is 6.10 Å². The molecule has 2 aliphatic heterocycles. The predicted octanol–water partition coefficient (Wildman–Crippen LogP) is 3.24. The first-order chi connectivity index (χ1) is 14.5. The molecule has 152 valence electrons. The van der Waals surface area contributed by atoms with Gasteiger partial charge in [0, 0.05) is 29.3 Å². The van der Waals surface area contributed by atoms with E-state index in [0.29, 0.717) is 12.3 Å². The molecule has 1 saturated heterocycles. The Hall–Kier alpha value is -3.05. The van der Waals surface area contributed by atoms with Crippen LogP contribution in [0.1, 0.15) is 25.5 Å². The number of cyclic esters (lactones) is 1. The van der Waals surface area contributed by atoms with Crippen molar-refractivity contribution in [3.63, 3.8) is 0 Å². The van der Waals surface area contributed by atoms with Crippen molar-refractivity contribution in [3.8, 4) is 17.2 Å². The highest BCUT2D eigenvalue weighted by molar-refractivity contribution is 7.99. The number of thioether (sulfide) groups is 1. The first kappa shape index (κ1) is 18.9. The van der Waals surface area contributed by atoms with E-state index < -0.39 is 0 Å². The standard InChI is InChI=1S/C22H20N4O3S/c1-13(27)24-10-18-17-11-30-19-8-14(2-4-16(19)26(17)21(28)29-18)15-3-5-20(25-9-15)22(12-23)6-7-22/h2-5,8-9,17-18H,6-7,10-11H2,1H3,(H,24,27)/t17-,18-/m0/s1. The van der Waals surface area contributed by atoms with Crippen molar-refractivity contribution in [2.75, 3.05) is 17.2 Å². The molecular formula is C22H20N4O3S. The van der Waals surface area contributed by atoms with E-state index in [1.54, 1.807) is 16.7 Å². The van der Waals surface area contributed by atoms with Crippen LogP contribution in [0.3, 0.4) is 0 Å². The van der Waals surface area contributed by atoms with Crippen molar-refractivity contribution >= 4 is 29.4 Å². The van der Waals surface area contributed by atoms with Crippen LogP contribution in [0.15, 0.2) is 41.4 Å². The zero-order chi connectivity index (χ0) is 20.9. The van der Waals surface area contributed by atoms with Gasteiger partial charge in [0.05, 0.1) is 35.5 Å². The van der Waals surface area contributed by atoms with E-state index in [2.05, 4.69) is 22.4 Å². The Kier molecular flexibility index (Phi) is 4.44. The summed E-state index contributed by atoms with van der Waals surface area (Å²) < 4.78 is 5.51. The zero-order valence-corrected chi connectivity index (χ0v) is 17.2. The zero-order valence-electron chi connectivity index (χ0n) is 16.4. The summed E-state index contributed by atoms with van der Waals surface area (Å²) in [6, 6.07) is 12.2. The molecule has 1 aliphatic carbocycles. The number of carbonyl (C=O) groups is 2. The molecule has 2 fully saturated rings. The highest BCUT2D eigenvalue weighted by Gasteiger charge is 2.47. The number of aromatic nitrogens is 1. The number of carbonyl (C=O) groups excluding carboxylic acids is 2. The summed E-state index contributed by atoms with van der Waals surface area (Å²) in [4.78, 5) is 31.0. The van der Waals surface area contributed by atoms with Crippen molar-refractivity contribution in [2.24, 2.45) is 0 Å². The topological polar surface area (TPSA) is 95.3 Å². The highest BCUT2D eigenvalue weighted by Crippen LogP contribution is 2.47. The third kappa shape index (κ3) is 3.10. The van der Waals surface area contributed by atoms with E-state index in [9.17, 15) is 14.9 Å². The van der Waals surface area contributed by atoms with Crippen molar-refractivity contribution in [3.05, 3.63) is 42.2 Å². The van der Waals surface area contributed by atoms with Gasteiger partial charge in [-0.25, -0.2) is 4.79 Å². The summed E-state index contributed by atoms with van der Waals surface area (Å²) in [5.41, 5.74) is 3.28. The molecule has 2 atom stereocenters. The number of nitrogens with one attached hydrogen (secondary N) is 1. The fourth-order valence-electron chi connectivity index (χ4n) is 4.03. The fourth-order valence-corrected chi connectivity index (χ4v) is 5.27. The van der Waals surface area contributed by atoms with Crippen molar-refractivity contribution < 1.29 is 14.3 Å². The number of benzene rings is 1. The number of amides is 2. The Bertz CT molecular complexity index is 1070. The minimum Gasteiger partial charge on any atom is -0.442 e. The van der Waals surface area contributed by atoms with Gasteiger partial charge < -0.3 is 10.1 Å². The Morgan fingerprint density at radius 2 is 2.17 bits per heavy atom. The first-order valence-electron chi connectivity index (χ1n) is 9.90. The molecule has 2 amide bonds. The van der Waals surface area contributed by atoms with Gasteiger partial charge in [-0.1, -0.05) is 12.1 Å². The van der Waals surface area contributed by atoms with Gasteiger partial charge in [0.15, 0.2) is 0 Å². The SMILES string of the molecule is CC(=O)NC[C@@H]1OC(=O)N2c3ccc(-c4ccc(C5(C#N)CC5)nc4)cc3SC[C@@H]12. The van der Waals surface area contributed by atoms with Gasteiger partial charge in [-0.2, -0.15) is 5.26 Å². The number of rotatable bonds is 4. The van der Waals surface area contributed by atoms with Crippen molar-refractivity contribution in [1.82, 2.24) is 10.3 Å². The summed E-state index contributed by atoms with van der Waals surface area (Å²) in [6.45, 7) is 1.77. The molecule has 7 nitrogen and oxygen atoms in total. The van der Waals surface area contributed by atoms with Crippen molar-refractivity contribution in [1.29, 1.82) is 5.26 Å². The molecule has 3 aliphatic rings. The van der Waals surface area contributed by atoms with Crippen LogP contribution in [0.5, 0.6) is 0 Å². The second-order valence-corrected chi connectivity index (χ2v) is 8.98. The third-order valence-corrected chi connectivity index (χ3v) is 7.09. The molecule has 8 heteroatoms. The van der Waals surface area contributed by atoms with E-state index in [0.717, 1.165) is 40.2 Å². The second-order valence-electron chi connectivity index (χ2n) is 7.92. The van der Waals surface area contributed by atoms with Crippen LogP contribution in [0.25, 0.3) is 11.1 Å². The van der Waals surface area contributed by atoms with Crippen molar-refractivity contribution in [2.45, 2.75) is 42.2 Å². The maximum atomic E-state index is 12.5. The van der Waals surface area contributed by atoms with Gasteiger partial charge in [0.25, 0.3) is 0 Å². The molecule has 0 bridgehead atoms. The van der Waals surface area contributed by atoms with Crippen LogP contribution in [0.4, 0.5) is 10.5 Å². The van der Waals surface area contributed by atoms with Crippen LogP contribution in [0, 0.1) is 11.3 Å². The number of hydrogen-bond acceptors (Lipinski definition) is 6. The summed E-state index contributed by atoms with van der Waals surface area (Å²) in [6.07, 6.45) is 2.84. The molecular weight excluding hydrogens is 400 g/mol. The molecule has 1 N–H and O–H groups in total. The predicted molar refractivity (Wildman–Crippen MR) is 112 cm³/mol. The Morgan fingerprint density at radius 3 is 2.83 bits per heavy atom.